The van der Waals surface area contributed by atoms with E-state index in [4.69, 9.17) is 4.74 Å². The molecule has 5 rings (SSSR count). The molecule has 1 saturated heterocycles. The highest BCUT2D eigenvalue weighted by atomic mass is 16.5. The van der Waals surface area contributed by atoms with E-state index in [1.165, 1.54) is 4.90 Å². The number of para-hydroxylation sites is 2. The minimum Gasteiger partial charge on any atom is -0.495 e. The number of allylic oxidation sites excluding steroid dienone is 2. The normalized spacial score (nSPS) is 24.9. The van der Waals surface area contributed by atoms with Crippen LogP contribution in [0.2, 0.25) is 0 Å². The van der Waals surface area contributed by atoms with Crippen LogP contribution in [0.1, 0.15) is 23.0 Å². The summed E-state index contributed by atoms with van der Waals surface area (Å²) in [6, 6.07) is 27.1. The Morgan fingerprint density at radius 3 is 1.58 bits per heavy atom. The van der Waals surface area contributed by atoms with E-state index in [0.29, 0.717) is 11.4 Å². The van der Waals surface area contributed by atoms with Crippen molar-refractivity contribution in [2.75, 3.05) is 12.0 Å². The first kappa shape index (κ1) is 19.3. The number of benzene rings is 3. The highest BCUT2D eigenvalue weighted by Crippen LogP contribution is 2.51. The van der Waals surface area contributed by atoms with Gasteiger partial charge in [0, 0.05) is 11.8 Å². The molecular formula is C27H23NO3. The van der Waals surface area contributed by atoms with Gasteiger partial charge in [0.1, 0.15) is 5.75 Å². The summed E-state index contributed by atoms with van der Waals surface area (Å²) < 4.78 is 5.47. The number of imide groups is 1. The van der Waals surface area contributed by atoms with Crippen LogP contribution in [0.4, 0.5) is 5.69 Å². The van der Waals surface area contributed by atoms with Gasteiger partial charge >= 0.3 is 0 Å². The van der Waals surface area contributed by atoms with Gasteiger partial charge in [-0.05, 0) is 23.3 Å². The average molecular weight is 409 g/mol. The Labute approximate surface area is 181 Å². The van der Waals surface area contributed by atoms with E-state index in [2.05, 4.69) is 12.2 Å². The van der Waals surface area contributed by atoms with Crippen molar-refractivity contribution in [1.82, 2.24) is 0 Å². The van der Waals surface area contributed by atoms with Crippen molar-refractivity contribution >= 4 is 17.5 Å². The van der Waals surface area contributed by atoms with Crippen LogP contribution in [-0.4, -0.2) is 18.9 Å². The minimum absolute atomic E-state index is 0.151. The lowest BCUT2D eigenvalue weighted by Crippen LogP contribution is -2.32. The van der Waals surface area contributed by atoms with Gasteiger partial charge in [0.05, 0.1) is 24.6 Å². The van der Waals surface area contributed by atoms with Gasteiger partial charge in [0.2, 0.25) is 11.8 Å². The molecule has 1 heterocycles. The van der Waals surface area contributed by atoms with Gasteiger partial charge in [-0.25, -0.2) is 4.90 Å². The predicted octanol–water partition coefficient (Wildman–Crippen LogP) is 4.94. The molecule has 0 saturated carbocycles. The highest BCUT2D eigenvalue weighted by Gasteiger charge is 2.55. The molecular weight excluding hydrogens is 386 g/mol. The molecule has 0 N–H and O–H groups in total. The largest absolute Gasteiger partial charge is 0.495 e. The number of fused-ring (bicyclic) bond motifs is 1. The summed E-state index contributed by atoms with van der Waals surface area (Å²) in [5.74, 6) is -1.05. The van der Waals surface area contributed by atoms with Crippen LogP contribution in [0.15, 0.2) is 97.1 Å². The Hall–Kier alpha value is -3.66. The molecule has 0 bridgehead atoms. The Kier molecular flexibility index (Phi) is 4.91. The first-order valence-electron chi connectivity index (χ1n) is 10.5. The molecule has 0 radical (unpaired) electrons. The van der Waals surface area contributed by atoms with Gasteiger partial charge in [-0.2, -0.15) is 0 Å². The number of rotatable bonds is 4. The van der Waals surface area contributed by atoms with Crippen LogP contribution in [0, 0.1) is 11.8 Å². The fraction of sp³-hybridized carbons (Fsp3) is 0.185. The molecule has 2 amide bonds. The van der Waals surface area contributed by atoms with Crippen LogP contribution in [0.25, 0.3) is 0 Å². The van der Waals surface area contributed by atoms with Crippen molar-refractivity contribution in [3.8, 4) is 5.75 Å². The maximum absolute atomic E-state index is 13.8. The molecule has 1 fully saturated rings. The third-order valence-corrected chi connectivity index (χ3v) is 6.39. The van der Waals surface area contributed by atoms with Gasteiger partial charge in [0.15, 0.2) is 0 Å². The number of hydrogen-bond acceptors (Lipinski definition) is 3. The smallest absolute Gasteiger partial charge is 0.238 e. The number of anilines is 1. The van der Waals surface area contributed by atoms with Crippen molar-refractivity contribution in [3.05, 3.63) is 108 Å². The van der Waals surface area contributed by atoms with Gasteiger partial charge < -0.3 is 4.74 Å². The second-order valence-corrected chi connectivity index (χ2v) is 7.99. The van der Waals surface area contributed by atoms with E-state index in [-0.39, 0.29) is 23.7 Å². The van der Waals surface area contributed by atoms with Crippen LogP contribution in [-0.2, 0) is 9.59 Å². The molecule has 0 unspecified atom stereocenters. The second-order valence-electron chi connectivity index (χ2n) is 7.99. The van der Waals surface area contributed by atoms with Gasteiger partial charge in [0.25, 0.3) is 0 Å². The third-order valence-electron chi connectivity index (χ3n) is 6.39. The maximum Gasteiger partial charge on any atom is 0.238 e. The monoisotopic (exact) mass is 409 g/mol. The Balaban J connectivity index is 1.65. The number of carbonyl (C=O) groups excluding carboxylic acids is 2. The van der Waals surface area contributed by atoms with Gasteiger partial charge in [-0.1, -0.05) is 84.9 Å². The Morgan fingerprint density at radius 1 is 0.645 bits per heavy atom. The van der Waals surface area contributed by atoms with Crippen molar-refractivity contribution in [3.63, 3.8) is 0 Å². The molecule has 2 aliphatic rings. The SMILES string of the molecule is COc1ccccc1N1C(=O)[C@@H]2[C@H](C1=O)[C@H](c1ccccc1)C=C[C@@H]2c1ccccc1. The number of hydrogen-bond donors (Lipinski definition) is 0. The zero-order valence-corrected chi connectivity index (χ0v) is 17.2. The lowest BCUT2D eigenvalue weighted by molar-refractivity contribution is -0.122. The van der Waals surface area contributed by atoms with Crippen LogP contribution in [0.3, 0.4) is 0 Å². The molecule has 0 spiro atoms. The Bertz CT molecular complexity index is 1070. The molecule has 4 heteroatoms. The van der Waals surface area contributed by atoms with Gasteiger partial charge in [-0.15, -0.1) is 0 Å². The zero-order valence-electron chi connectivity index (χ0n) is 17.2. The third kappa shape index (κ3) is 3.15. The molecule has 31 heavy (non-hydrogen) atoms. The van der Waals surface area contributed by atoms with E-state index >= 15 is 0 Å². The number of amides is 2. The standard InChI is InChI=1S/C27H23NO3/c1-31-23-15-9-8-14-22(23)28-26(29)24-20(18-10-4-2-5-11-18)16-17-21(25(24)27(28)30)19-12-6-3-7-13-19/h2-17,20-21,24-25H,1H3/t20-,21+,24+,25-. The molecule has 4 atom stereocenters. The molecule has 4 nitrogen and oxygen atoms in total. The van der Waals surface area contributed by atoms with Crippen molar-refractivity contribution in [2.24, 2.45) is 11.8 Å². The molecule has 154 valence electrons. The summed E-state index contributed by atoms with van der Waals surface area (Å²) >= 11 is 0. The zero-order chi connectivity index (χ0) is 21.4. The Morgan fingerprint density at radius 2 is 1.10 bits per heavy atom. The summed E-state index contributed by atoms with van der Waals surface area (Å²) in [4.78, 5) is 28.9. The average Bonchev–Trinajstić information content (AvgIpc) is 3.10. The fourth-order valence-electron chi connectivity index (χ4n) is 4.99. The molecule has 1 aliphatic carbocycles. The molecule has 1 aliphatic heterocycles. The minimum atomic E-state index is -0.463. The highest BCUT2D eigenvalue weighted by molar-refractivity contribution is 6.23. The number of ether oxygens (including phenoxy) is 1. The number of carbonyl (C=O) groups is 2. The lowest BCUT2D eigenvalue weighted by atomic mass is 9.68. The van der Waals surface area contributed by atoms with Crippen molar-refractivity contribution < 1.29 is 14.3 Å². The van der Waals surface area contributed by atoms with E-state index in [0.717, 1.165) is 11.1 Å². The number of methoxy groups -OCH3 is 1. The van der Waals surface area contributed by atoms with Gasteiger partial charge in [-0.3, -0.25) is 9.59 Å². The van der Waals surface area contributed by atoms with E-state index < -0.39 is 11.8 Å². The van der Waals surface area contributed by atoms with E-state index in [1.54, 1.807) is 19.2 Å². The summed E-state index contributed by atoms with van der Waals surface area (Å²) in [6.45, 7) is 0. The van der Waals surface area contributed by atoms with Crippen molar-refractivity contribution in [2.45, 2.75) is 11.8 Å². The summed E-state index contributed by atoms with van der Waals surface area (Å²) in [5.41, 5.74) is 2.60. The summed E-state index contributed by atoms with van der Waals surface area (Å²) in [5, 5.41) is 0. The molecule has 3 aromatic carbocycles. The van der Waals surface area contributed by atoms with Crippen LogP contribution in [0.5, 0.6) is 5.75 Å². The maximum atomic E-state index is 13.8. The first-order chi connectivity index (χ1) is 15.2. The molecule has 0 aromatic heterocycles. The number of nitrogens with zero attached hydrogens (tertiary/aromatic N) is 1. The van der Waals surface area contributed by atoms with Crippen LogP contribution < -0.4 is 9.64 Å². The predicted molar refractivity (Wildman–Crippen MR) is 120 cm³/mol. The molecule has 3 aromatic rings. The topological polar surface area (TPSA) is 46.6 Å². The lowest BCUT2D eigenvalue weighted by Gasteiger charge is -2.32. The quantitative estimate of drug-likeness (QED) is 0.453. The van der Waals surface area contributed by atoms with E-state index in [1.807, 2.05) is 72.8 Å². The summed E-state index contributed by atoms with van der Waals surface area (Å²) in [6.07, 6.45) is 4.20. The fourth-order valence-corrected chi connectivity index (χ4v) is 4.99. The van der Waals surface area contributed by atoms with E-state index in [9.17, 15) is 9.59 Å². The van der Waals surface area contributed by atoms with Crippen LogP contribution >= 0.6 is 0 Å². The second kappa shape index (κ2) is 7.88. The van der Waals surface area contributed by atoms with Crippen molar-refractivity contribution in [1.29, 1.82) is 0 Å². The first-order valence-corrected chi connectivity index (χ1v) is 10.5. The summed E-state index contributed by atoms with van der Waals surface area (Å²) in [7, 11) is 1.55.